The summed E-state index contributed by atoms with van der Waals surface area (Å²) in [6.45, 7) is 3.20. The summed E-state index contributed by atoms with van der Waals surface area (Å²) in [5, 5.41) is 0. The molecule has 2 aliphatic rings. The first-order valence-corrected chi connectivity index (χ1v) is 9.53. The summed E-state index contributed by atoms with van der Waals surface area (Å²) in [5.41, 5.74) is 1.32. The van der Waals surface area contributed by atoms with E-state index in [-0.39, 0.29) is 0 Å². The maximum atomic E-state index is 4.85. The van der Waals surface area contributed by atoms with E-state index in [1.165, 1.54) is 52.7 Å². The fourth-order valence-electron chi connectivity index (χ4n) is 3.13. The molecule has 1 heterocycles. The largest absolute Gasteiger partial charge is 0.271 e. The normalized spacial score (nSPS) is 24.4. The van der Waals surface area contributed by atoms with Crippen LogP contribution in [0, 0.1) is 18.8 Å². The Morgan fingerprint density at radius 3 is 2.45 bits per heavy atom. The molecule has 20 heavy (non-hydrogen) atoms. The van der Waals surface area contributed by atoms with Crippen molar-refractivity contribution in [3.63, 3.8) is 0 Å². The van der Waals surface area contributed by atoms with Gasteiger partial charge in [-0.15, -0.1) is 0 Å². The van der Waals surface area contributed by atoms with E-state index in [4.69, 9.17) is 4.99 Å². The van der Waals surface area contributed by atoms with E-state index in [0.717, 1.165) is 18.4 Å². The first-order chi connectivity index (χ1) is 9.81. The van der Waals surface area contributed by atoms with Gasteiger partial charge >= 0.3 is 0 Å². The lowest BCUT2D eigenvalue weighted by atomic mass is 9.81. The van der Waals surface area contributed by atoms with Crippen LogP contribution in [0.25, 0.3) is 0 Å². The molecule has 1 saturated carbocycles. The van der Waals surface area contributed by atoms with Crippen LogP contribution in [0.4, 0.5) is 0 Å². The lowest BCUT2D eigenvalue weighted by molar-refractivity contribution is 0.272. The van der Waals surface area contributed by atoms with Crippen molar-refractivity contribution >= 4 is 27.9 Å². The highest BCUT2D eigenvalue weighted by molar-refractivity contribution is 8.38. The minimum Gasteiger partial charge on any atom is -0.271 e. The second kappa shape index (κ2) is 7.04. The number of benzene rings is 1. The topological polar surface area (TPSA) is 12.4 Å². The van der Waals surface area contributed by atoms with Crippen molar-refractivity contribution in [2.24, 2.45) is 16.8 Å². The van der Waals surface area contributed by atoms with Crippen LogP contribution >= 0.6 is 23.5 Å². The lowest BCUT2D eigenvalue weighted by Gasteiger charge is -2.31. The van der Waals surface area contributed by atoms with Crippen LogP contribution in [-0.4, -0.2) is 16.7 Å². The molecule has 108 valence electrons. The number of aliphatic imine (C=N–C) groups is 1. The number of rotatable bonds is 2. The molecule has 0 amide bonds. The predicted octanol–water partition coefficient (Wildman–Crippen LogP) is 5.39. The summed E-state index contributed by atoms with van der Waals surface area (Å²) in [6.07, 6.45) is 7.23. The zero-order valence-corrected chi connectivity index (χ0v) is 13.8. The third-order valence-electron chi connectivity index (χ3n) is 4.42. The van der Waals surface area contributed by atoms with E-state index in [9.17, 15) is 0 Å². The predicted molar refractivity (Wildman–Crippen MR) is 91.9 cm³/mol. The average Bonchev–Trinajstić information content (AvgIpc) is 2.51. The molecule has 1 unspecified atom stereocenters. The third kappa shape index (κ3) is 3.82. The quantitative estimate of drug-likeness (QED) is 0.726. The monoisotopic (exact) mass is 305 g/mol. The molecule has 0 N–H and O–H groups in total. The molecule has 0 saturated heterocycles. The number of thioether (sulfide) groups is 2. The molecule has 1 nitrogen and oxygen atoms in total. The van der Waals surface area contributed by atoms with Crippen LogP contribution in [0.15, 0.2) is 34.2 Å². The standard InChI is InChI=1S/C17H23NS2/c1-13-7-9-16(10-8-13)20-17-18-11-15(12-19-17)14-5-3-2-4-6-14/h7-10,14-15H,2-6,11-12H2,1H3. The Kier molecular flexibility index (Phi) is 5.11. The van der Waals surface area contributed by atoms with Crippen LogP contribution in [0.2, 0.25) is 0 Å². The van der Waals surface area contributed by atoms with Crippen molar-refractivity contribution < 1.29 is 0 Å². The molecule has 1 aromatic rings. The molecule has 0 radical (unpaired) electrons. The maximum Gasteiger partial charge on any atom is 0.129 e. The molecular weight excluding hydrogens is 282 g/mol. The van der Waals surface area contributed by atoms with Crippen molar-refractivity contribution in [3.05, 3.63) is 29.8 Å². The average molecular weight is 306 g/mol. The van der Waals surface area contributed by atoms with E-state index in [0.29, 0.717) is 0 Å². The van der Waals surface area contributed by atoms with Gasteiger partial charge in [0.25, 0.3) is 0 Å². The Morgan fingerprint density at radius 1 is 1.05 bits per heavy atom. The van der Waals surface area contributed by atoms with Crippen molar-refractivity contribution in [2.45, 2.75) is 43.9 Å². The molecule has 0 aromatic heterocycles. The fourth-order valence-corrected chi connectivity index (χ4v) is 5.37. The molecule has 1 fully saturated rings. The summed E-state index contributed by atoms with van der Waals surface area (Å²) in [4.78, 5) is 6.16. The highest BCUT2D eigenvalue weighted by Gasteiger charge is 2.26. The number of hydrogen-bond donors (Lipinski definition) is 0. The summed E-state index contributed by atoms with van der Waals surface area (Å²) < 4.78 is 1.26. The molecule has 3 rings (SSSR count). The van der Waals surface area contributed by atoms with Gasteiger partial charge in [-0.3, -0.25) is 4.99 Å². The molecule has 3 heteroatoms. The minimum atomic E-state index is 0.836. The Balaban J connectivity index is 1.55. The van der Waals surface area contributed by atoms with Crippen LogP contribution in [0.3, 0.4) is 0 Å². The van der Waals surface area contributed by atoms with Crippen molar-refractivity contribution in [2.75, 3.05) is 12.3 Å². The Hall–Kier alpha value is -0.410. The van der Waals surface area contributed by atoms with Crippen molar-refractivity contribution in [1.29, 1.82) is 0 Å². The van der Waals surface area contributed by atoms with E-state index < -0.39 is 0 Å². The first kappa shape index (κ1) is 14.5. The van der Waals surface area contributed by atoms with Gasteiger partial charge in [-0.1, -0.05) is 73.3 Å². The summed E-state index contributed by atoms with van der Waals surface area (Å²) >= 11 is 3.81. The second-order valence-electron chi connectivity index (χ2n) is 5.99. The van der Waals surface area contributed by atoms with Crippen LogP contribution in [0.1, 0.15) is 37.7 Å². The Bertz CT molecular complexity index is 460. The molecule has 0 bridgehead atoms. The van der Waals surface area contributed by atoms with Gasteiger partial charge in [-0.2, -0.15) is 0 Å². The smallest absolute Gasteiger partial charge is 0.129 e. The van der Waals surface area contributed by atoms with E-state index in [1.54, 1.807) is 0 Å². The van der Waals surface area contributed by atoms with Crippen LogP contribution in [0.5, 0.6) is 0 Å². The van der Waals surface area contributed by atoms with Gasteiger partial charge < -0.3 is 0 Å². The van der Waals surface area contributed by atoms with Gasteiger partial charge in [0.1, 0.15) is 4.38 Å². The van der Waals surface area contributed by atoms with Crippen LogP contribution < -0.4 is 0 Å². The van der Waals surface area contributed by atoms with Gasteiger partial charge in [0, 0.05) is 17.2 Å². The van der Waals surface area contributed by atoms with Gasteiger partial charge in [-0.05, 0) is 30.9 Å². The zero-order chi connectivity index (χ0) is 13.8. The summed E-state index contributed by atoms with van der Waals surface area (Å²) in [7, 11) is 0. The molecule has 1 atom stereocenters. The molecule has 1 aliphatic carbocycles. The zero-order valence-electron chi connectivity index (χ0n) is 12.2. The van der Waals surface area contributed by atoms with Gasteiger partial charge in [0.05, 0.1) is 0 Å². The number of nitrogens with zero attached hydrogens (tertiary/aromatic N) is 1. The summed E-state index contributed by atoms with van der Waals surface area (Å²) in [5.74, 6) is 3.07. The van der Waals surface area contributed by atoms with Gasteiger partial charge in [0.2, 0.25) is 0 Å². The Labute approximate surface area is 131 Å². The van der Waals surface area contributed by atoms with E-state index >= 15 is 0 Å². The number of hydrogen-bond acceptors (Lipinski definition) is 3. The highest BCUT2D eigenvalue weighted by atomic mass is 32.2. The van der Waals surface area contributed by atoms with E-state index in [1.807, 2.05) is 23.5 Å². The number of aryl methyl sites for hydroxylation is 1. The van der Waals surface area contributed by atoms with Gasteiger partial charge in [-0.25, -0.2) is 0 Å². The molecule has 1 aromatic carbocycles. The van der Waals surface area contributed by atoms with Crippen LogP contribution in [-0.2, 0) is 0 Å². The lowest BCUT2D eigenvalue weighted by Crippen LogP contribution is -2.25. The van der Waals surface area contributed by atoms with Crippen molar-refractivity contribution in [1.82, 2.24) is 0 Å². The maximum absolute atomic E-state index is 4.85. The second-order valence-corrected chi connectivity index (χ2v) is 8.32. The Morgan fingerprint density at radius 2 is 1.80 bits per heavy atom. The molecule has 0 spiro atoms. The minimum absolute atomic E-state index is 0.836. The third-order valence-corrected chi connectivity index (χ3v) is 6.80. The van der Waals surface area contributed by atoms with Gasteiger partial charge in [0.15, 0.2) is 0 Å². The SMILES string of the molecule is Cc1ccc(SC2=NCC(C3CCCCC3)CS2)cc1. The molecular formula is C17H23NS2. The first-order valence-electron chi connectivity index (χ1n) is 7.73. The highest BCUT2D eigenvalue weighted by Crippen LogP contribution is 2.37. The van der Waals surface area contributed by atoms with Crippen molar-refractivity contribution in [3.8, 4) is 0 Å². The van der Waals surface area contributed by atoms with E-state index in [2.05, 4.69) is 31.2 Å². The summed E-state index contributed by atoms with van der Waals surface area (Å²) in [6, 6.07) is 8.77. The molecule has 1 aliphatic heterocycles. The fraction of sp³-hybridized carbons (Fsp3) is 0.588.